The van der Waals surface area contributed by atoms with E-state index in [-0.39, 0.29) is 11.9 Å². The molecule has 1 saturated carbocycles. The van der Waals surface area contributed by atoms with Crippen molar-refractivity contribution in [1.82, 2.24) is 4.90 Å². The molecule has 1 saturated heterocycles. The quantitative estimate of drug-likeness (QED) is 0.724. The molecule has 1 aliphatic carbocycles. The van der Waals surface area contributed by atoms with Crippen molar-refractivity contribution in [3.8, 4) is 0 Å². The molecule has 0 spiro atoms. The average molecular weight is 253 g/mol. The molecule has 0 aromatic rings. The molecule has 2 rings (SSSR count). The highest BCUT2D eigenvalue weighted by Gasteiger charge is 2.32. The highest BCUT2D eigenvalue weighted by Crippen LogP contribution is 2.30. The van der Waals surface area contributed by atoms with Gasteiger partial charge in [0, 0.05) is 19.0 Å². The van der Waals surface area contributed by atoms with Crippen LogP contribution in [0.4, 0.5) is 0 Å². The lowest BCUT2D eigenvalue weighted by atomic mass is 9.84. The van der Waals surface area contributed by atoms with Gasteiger partial charge in [0.25, 0.3) is 0 Å². The first-order valence-corrected chi connectivity index (χ1v) is 7.18. The summed E-state index contributed by atoms with van der Waals surface area (Å²) in [6.07, 6.45) is 6.51. The van der Waals surface area contributed by atoms with Gasteiger partial charge in [0.1, 0.15) is 0 Å². The molecule has 102 valence electrons. The summed E-state index contributed by atoms with van der Waals surface area (Å²) < 4.78 is 5.06. The molecule has 1 aliphatic heterocycles. The largest absolute Gasteiger partial charge is 0.466 e. The molecule has 2 aliphatic rings. The molecule has 0 aromatic heterocycles. The fourth-order valence-corrected chi connectivity index (χ4v) is 3.10. The van der Waals surface area contributed by atoms with Crippen LogP contribution in [0.15, 0.2) is 0 Å². The first kappa shape index (κ1) is 13.4. The van der Waals surface area contributed by atoms with Crippen LogP contribution in [0.5, 0.6) is 0 Å². The molecular weight excluding hydrogens is 230 g/mol. The molecule has 18 heavy (non-hydrogen) atoms. The minimum atomic E-state index is -0.0547. The third-order valence-corrected chi connectivity index (χ3v) is 4.12. The van der Waals surface area contributed by atoms with Crippen LogP contribution >= 0.6 is 0 Å². The van der Waals surface area contributed by atoms with Crippen molar-refractivity contribution < 1.29 is 14.3 Å². The van der Waals surface area contributed by atoms with Gasteiger partial charge in [-0.15, -0.1) is 0 Å². The van der Waals surface area contributed by atoms with Crippen LogP contribution in [-0.4, -0.2) is 36.0 Å². The Balaban J connectivity index is 1.82. The Morgan fingerprint density at radius 3 is 2.61 bits per heavy atom. The van der Waals surface area contributed by atoms with Crippen LogP contribution in [0.2, 0.25) is 0 Å². The first-order valence-electron chi connectivity index (χ1n) is 7.18. The van der Waals surface area contributed by atoms with Crippen LogP contribution in [0.25, 0.3) is 0 Å². The molecule has 4 heteroatoms. The monoisotopic (exact) mass is 253 g/mol. The van der Waals surface area contributed by atoms with Gasteiger partial charge in [-0.2, -0.15) is 0 Å². The zero-order chi connectivity index (χ0) is 13.0. The van der Waals surface area contributed by atoms with Crippen molar-refractivity contribution in [3.05, 3.63) is 0 Å². The van der Waals surface area contributed by atoms with Gasteiger partial charge >= 0.3 is 5.97 Å². The molecule has 1 heterocycles. The Labute approximate surface area is 109 Å². The third-order valence-electron chi connectivity index (χ3n) is 4.12. The van der Waals surface area contributed by atoms with E-state index < -0.39 is 0 Å². The zero-order valence-corrected chi connectivity index (χ0v) is 11.2. The smallest absolute Gasteiger partial charge is 0.308 e. The fourth-order valence-electron chi connectivity index (χ4n) is 3.10. The van der Waals surface area contributed by atoms with E-state index in [0.29, 0.717) is 25.0 Å². The van der Waals surface area contributed by atoms with Gasteiger partial charge in [-0.1, -0.05) is 0 Å². The molecule has 4 nitrogen and oxygen atoms in total. The predicted octanol–water partition coefficient (Wildman–Crippen LogP) is 2.12. The minimum Gasteiger partial charge on any atom is -0.466 e. The van der Waals surface area contributed by atoms with E-state index in [0.717, 1.165) is 45.1 Å². The molecule has 1 amide bonds. The van der Waals surface area contributed by atoms with Gasteiger partial charge in [-0.25, -0.2) is 0 Å². The Bertz CT molecular complexity index is 308. The maximum absolute atomic E-state index is 11.8. The third kappa shape index (κ3) is 3.03. The average Bonchev–Trinajstić information content (AvgIpc) is 2.40. The van der Waals surface area contributed by atoms with Crippen LogP contribution in [0.3, 0.4) is 0 Å². The van der Waals surface area contributed by atoms with E-state index >= 15 is 0 Å². The molecule has 0 aromatic carbocycles. The Kier molecular flexibility index (Phi) is 4.61. The van der Waals surface area contributed by atoms with Gasteiger partial charge in [0.05, 0.1) is 12.5 Å². The van der Waals surface area contributed by atoms with E-state index in [1.54, 1.807) is 0 Å². The Morgan fingerprint density at radius 1 is 1.28 bits per heavy atom. The topological polar surface area (TPSA) is 46.6 Å². The van der Waals surface area contributed by atoms with Gasteiger partial charge in [-0.3, -0.25) is 9.59 Å². The highest BCUT2D eigenvalue weighted by atomic mass is 16.5. The summed E-state index contributed by atoms with van der Waals surface area (Å²) in [6, 6.07) is 0.364. The van der Waals surface area contributed by atoms with Gasteiger partial charge in [0.15, 0.2) is 0 Å². The van der Waals surface area contributed by atoms with Crippen LogP contribution in [-0.2, 0) is 14.3 Å². The number of nitrogens with zero attached hydrogens (tertiary/aromatic N) is 1. The van der Waals surface area contributed by atoms with Crippen molar-refractivity contribution in [2.75, 3.05) is 13.2 Å². The summed E-state index contributed by atoms with van der Waals surface area (Å²) >= 11 is 0. The second kappa shape index (κ2) is 6.21. The normalized spacial score (nSPS) is 29.2. The molecule has 0 radical (unpaired) electrons. The van der Waals surface area contributed by atoms with Crippen molar-refractivity contribution in [2.45, 2.75) is 57.9 Å². The van der Waals surface area contributed by atoms with E-state index in [9.17, 15) is 9.59 Å². The number of ether oxygens (including phenoxy) is 1. The van der Waals surface area contributed by atoms with Crippen LogP contribution in [0.1, 0.15) is 51.9 Å². The minimum absolute atomic E-state index is 0.0547. The zero-order valence-electron chi connectivity index (χ0n) is 11.2. The summed E-state index contributed by atoms with van der Waals surface area (Å²) in [5.74, 6) is 0.308. The van der Waals surface area contributed by atoms with Crippen LogP contribution in [0, 0.1) is 5.92 Å². The highest BCUT2D eigenvalue weighted by molar-refractivity contribution is 5.77. The number of hydrogen-bond donors (Lipinski definition) is 0. The maximum atomic E-state index is 11.8. The maximum Gasteiger partial charge on any atom is 0.308 e. The van der Waals surface area contributed by atoms with E-state index in [2.05, 4.69) is 0 Å². The molecular formula is C14H23NO3. The Morgan fingerprint density at radius 2 is 2.00 bits per heavy atom. The molecule has 0 N–H and O–H groups in total. The summed E-state index contributed by atoms with van der Waals surface area (Å²) in [7, 11) is 0. The second-order valence-electron chi connectivity index (χ2n) is 5.30. The summed E-state index contributed by atoms with van der Waals surface area (Å²) in [5.41, 5.74) is 0. The lowest BCUT2D eigenvalue weighted by Gasteiger charge is -2.38. The lowest BCUT2D eigenvalue weighted by molar-refractivity contribution is -0.149. The van der Waals surface area contributed by atoms with Crippen molar-refractivity contribution in [1.29, 1.82) is 0 Å². The number of hydrogen-bond acceptors (Lipinski definition) is 3. The lowest BCUT2D eigenvalue weighted by Crippen LogP contribution is -2.45. The number of esters is 1. The summed E-state index contributed by atoms with van der Waals surface area (Å²) in [6.45, 7) is 3.22. The van der Waals surface area contributed by atoms with Gasteiger partial charge < -0.3 is 9.64 Å². The number of carbonyl (C=O) groups is 2. The van der Waals surface area contributed by atoms with Crippen molar-refractivity contribution in [2.24, 2.45) is 5.92 Å². The second-order valence-corrected chi connectivity index (χ2v) is 5.30. The summed E-state index contributed by atoms with van der Waals surface area (Å²) in [5, 5.41) is 0. The van der Waals surface area contributed by atoms with Crippen LogP contribution < -0.4 is 0 Å². The van der Waals surface area contributed by atoms with Gasteiger partial charge in [0.2, 0.25) is 5.91 Å². The first-order chi connectivity index (χ1) is 8.72. The van der Waals surface area contributed by atoms with E-state index in [1.165, 1.54) is 0 Å². The van der Waals surface area contributed by atoms with Gasteiger partial charge in [-0.05, 0) is 45.4 Å². The Hall–Kier alpha value is -1.06. The van der Waals surface area contributed by atoms with E-state index in [1.807, 2.05) is 11.8 Å². The number of likely N-dealkylation sites (tertiary alicyclic amines) is 1. The summed E-state index contributed by atoms with van der Waals surface area (Å²) in [4.78, 5) is 25.5. The van der Waals surface area contributed by atoms with Crippen molar-refractivity contribution >= 4 is 11.9 Å². The number of carbonyl (C=O) groups excluding carboxylic acids is 2. The van der Waals surface area contributed by atoms with E-state index in [4.69, 9.17) is 4.74 Å². The SMILES string of the molecule is CCOC(=O)C1CCC(N2CCCCC2=O)CC1. The molecule has 2 fully saturated rings. The van der Waals surface area contributed by atoms with Crippen molar-refractivity contribution in [3.63, 3.8) is 0 Å². The predicted molar refractivity (Wildman–Crippen MR) is 67.9 cm³/mol. The molecule has 0 unspecified atom stereocenters. The molecule has 0 bridgehead atoms. The number of rotatable bonds is 3. The fraction of sp³-hybridized carbons (Fsp3) is 0.857. The number of amides is 1. The molecule has 0 atom stereocenters. The standard InChI is InChI=1S/C14H23NO3/c1-2-18-14(17)11-6-8-12(9-7-11)15-10-4-3-5-13(15)16/h11-12H,2-10H2,1H3. The number of piperidine rings is 1.